The second-order valence-electron chi connectivity index (χ2n) is 3.95. The van der Waals surface area contributed by atoms with E-state index in [2.05, 4.69) is 15.5 Å². The van der Waals surface area contributed by atoms with Gasteiger partial charge in [0.1, 0.15) is 0 Å². The molecular weight excluding hydrogens is 292 g/mol. The van der Waals surface area contributed by atoms with E-state index in [0.717, 1.165) is 15.1 Å². The van der Waals surface area contributed by atoms with Gasteiger partial charge in [-0.25, -0.2) is 10.4 Å². The molecule has 7 heteroatoms. The van der Waals surface area contributed by atoms with Crippen LogP contribution in [0.4, 0.5) is 5.13 Å². The molecule has 5 nitrogen and oxygen atoms in total. The van der Waals surface area contributed by atoms with Gasteiger partial charge in [0.05, 0.1) is 16.4 Å². The van der Waals surface area contributed by atoms with Gasteiger partial charge >= 0.3 is 0 Å². The standard InChI is InChI=1S/C13H10N4OS2/c14-13-16-10-4-3-8(6-11(10)20-13)12(18)17-15-7-9-2-1-5-19-9/h1-7H,(H2,14,16)(H,17,18)/b15-7-. The SMILES string of the molecule is Nc1nc2ccc(C(=O)N/N=C\c3cccs3)cc2s1. The van der Waals surface area contributed by atoms with Crippen LogP contribution in [0.2, 0.25) is 0 Å². The van der Waals surface area contributed by atoms with Gasteiger partial charge in [0.15, 0.2) is 5.13 Å². The van der Waals surface area contributed by atoms with Gasteiger partial charge in [-0.05, 0) is 29.6 Å². The number of benzene rings is 1. The number of carbonyl (C=O) groups excluding carboxylic acids is 1. The van der Waals surface area contributed by atoms with Crippen LogP contribution in [-0.4, -0.2) is 17.1 Å². The van der Waals surface area contributed by atoms with E-state index < -0.39 is 0 Å². The lowest BCUT2D eigenvalue weighted by Crippen LogP contribution is -2.17. The van der Waals surface area contributed by atoms with Gasteiger partial charge in [-0.1, -0.05) is 17.4 Å². The van der Waals surface area contributed by atoms with Gasteiger partial charge in [0.25, 0.3) is 5.91 Å². The lowest BCUT2D eigenvalue weighted by atomic mass is 10.2. The average molecular weight is 302 g/mol. The zero-order valence-electron chi connectivity index (χ0n) is 10.2. The number of carbonyl (C=O) groups is 1. The number of hydrazone groups is 1. The summed E-state index contributed by atoms with van der Waals surface area (Å²) in [5.74, 6) is -0.258. The molecule has 2 aromatic heterocycles. The van der Waals surface area contributed by atoms with Crippen molar-refractivity contribution in [1.29, 1.82) is 0 Å². The zero-order valence-corrected chi connectivity index (χ0v) is 11.9. The summed E-state index contributed by atoms with van der Waals surface area (Å²) in [6, 6.07) is 9.10. The second kappa shape index (κ2) is 5.40. The summed E-state index contributed by atoms with van der Waals surface area (Å²) in [7, 11) is 0. The Hall–Kier alpha value is -2.25. The van der Waals surface area contributed by atoms with Crippen LogP contribution in [0.1, 0.15) is 15.2 Å². The molecule has 0 saturated carbocycles. The predicted molar refractivity (Wildman–Crippen MR) is 83.4 cm³/mol. The first-order valence-electron chi connectivity index (χ1n) is 5.75. The van der Waals surface area contributed by atoms with Crippen molar-refractivity contribution in [1.82, 2.24) is 10.4 Å². The Morgan fingerprint density at radius 3 is 3.10 bits per heavy atom. The van der Waals surface area contributed by atoms with E-state index >= 15 is 0 Å². The maximum atomic E-state index is 12.0. The summed E-state index contributed by atoms with van der Waals surface area (Å²) in [5.41, 5.74) is 9.46. The van der Waals surface area contributed by atoms with Crippen LogP contribution in [0.25, 0.3) is 10.2 Å². The Bertz CT molecular complexity index is 777. The number of nitrogens with zero attached hydrogens (tertiary/aromatic N) is 2. The summed E-state index contributed by atoms with van der Waals surface area (Å²) < 4.78 is 0.886. The van der Waals surface area contributed by atoms with Crippen molar-refractivity contribution in [3.63, 3.8) is 0 Å². The molecule has 0 aliphatic rings. The monoisotopic (exact) mass is 302 g/mol. The first kappa shape index (κ1) is 12.8. The van der Waals surface area contributed by atoms with Gasteiger partial charge in [0, 0.05) is 10.4 Å². The number of amides is 1. The Balaban J connectivity index is 1.75. The van der Waals surface area contributed by atoms with Crippen LogP contribution in [0, 0.1) is 0 Å². The van der Waals surface area contributed by atoms with E-state index in [4.69, 9.17) is 5.73 Å². The molecule has 3 N–H and O–H groups in total. The maximum absolute atomic E-state index is 12.0. The normalized spacial score (nSPS) is 11.2. The number of aromatic nitrogens is 1. The molecule has 0 aliphatic heterocycles. The first-order valence-corrected chi connectivity index (χ1v) is 7.45. The van der Waals surface area contributed by atoms with E-state index in [1.54, 1.807) is 35.8 Å². The average Bonchev–Trinajstić information content (AvgIpc) is 3.05. The molecule has 0 radical (unpaired) electrons. The van der Waals surface area contributed by atoms with Crippen LogP contribution >= 0.6 is 22.7 Å². The molecule has 0 fully saturated rings. The number of fused-ring (bicyclic) bond motifs is 1. The van der Waals surface area contributed by atoms with Crippen LogP contribution in [0.15, 0.2) is 40.8 Å². The first-order chi connectivity index (χ1) is 9.72. The van der Waals surface area contributed by atoms with Crippen LogP contribution < -0.4 is 11.2 Å². The molecule has 0 atom stereocenters. The van der Waals surface area contributed by atoms with Gasteiger partial charge in [-0.3, -0.25) is 4.79 Å². The molecule has 3 rings (SSSR count). The smallest absolute Gasteiger partial charge is 0.271 e. The number of thiophene rings is 1. The van der Waals surface area contributed by atoms with Crippen LogP contribution in [0.3, 0.4) is 0 Å². The third kappa shape index (κ3) is 2.68. The number of thiazole rings is 1. The number of hydrogen-bond donors (Lipinski definition) is 2. The summed E-state index contributed by atoms with van der Waals surface area (Å²) in [6.45, 7) is 0. The fourth-order valence-corrected chi connectivity index (χ4v) is 3.03. The summed E-state index contributed by atoms with van der Waals surface area (Å²) in [4.78, 5) is 17.1. The highest BCUT2D eigenvalue weighted by molar-refractivity contribution is 7.22. The number of rotatable bonds is 3. The molecule has 3 aromatic rings. The third-order valence-electron chi connectivity index (χ3n) is 2.57. The fraction of sp³-hybridized carbons (Fsp3) is 0. The Labute approximate surface area is 122 Å². The minimum Gasteiger partial charge on any atom is -0.375 e. The Morgan fingerprint density at radius 2 is 2.30 bits per heavy atom. The molecule has 0 spiro atoms. The highest BCUT2D eigenvalue weighted by Crippen LogP contribution is 2.24. The molecule has 100 valence electrons. The molecule has 1 aromatic carbocycles. The maximum Gasteiger partial charge on any atom is 0.271 e. The van der Waals surface area contributed by atoms with Gasteiger partial charge < -0.3 is 5.73 Å². The number of nitrogen functional groups attached to an aromatic ring is 1. The van der Waals surface area contributed by atoms with Crippen molar-refractivity contribution in [2.45, 2.75) is 0 Å². The van der Waals surface area contributed by atoms with E-state index in [-0.39, 0.29) is 5.91 Å². The largest absolute Gasteiger partial charge is 0.375 e. The number of hydrogen-bond acceptors (Lipinski definition) is 6. The minimum absolute atomic E-state index is 0.258. The second-order valence-corrected chi connectivity index (χ2v) is 5.99. The predicted octanol–water partition coefficient (Wildman–Crippen LogP) is 2.70. The molecule has 0 aliphatic carbocycles. The summed E-state index contributed by atoms with van der Waals surface area (Å²) in [6.07, 6.45) is 1.62. The molecule has 1 amide bonds. The molecule has 20 heavy (non-hydrogen) atoms. The van der Waals surface area contributed by atoms with Crippen molar-refractivity contribution in [2.24, 2.45) is 5.10 Å². The molecule has 0 unspecified atom stereocenters. The molecular formula is C13H10N4OS2. The van der Waals surface area contributed by atoms with Crippen molar-refractivity contribution < 1.29 is 4.79 Å². The van der Waals surface area contributed by atoms with Gasteiger partial charge in [-0.15, -0.1) is 11.3 Å². The van der Waals surface area contributed by atoms with E-state index in [9.17, 15) is 4.79 Å². The summed E-state index contributed by atoms with van der Waals surface area (Å²) >= 11 is 2.91. The Morgan fingerprint density at radius 1 is 1.40 bits per heavy atom. The highest BCUT2D eigenvalue weighted by atomic mass is 32.1. The highest BCUT2D eigenvalue weighted by Gasteiger charge is 2.07. The molecule has 2 heterocycles. The topological polar surface area (TPSA) is 80.4 Å². The van der Waals surface area contributed by atoms with Crippen LogP contribution in [-0.2, 0) is 0 Å². The van der Waals surface area contributed by atoms with E-state index in [0.29, 0.717) is 10.7 Å². The molecule has 0 bridgehead atoms. The number of nitrogens with one attached hydrogen (secondary N) is 1. The zero-order chi connectivity index (χ0) is 13.9. The quantitative estimate of drug-likeness (QED) is 0.576. The van der Waals surface area contributed by atoms with Crippen molar-refractivity contribution >= 4 is 50.1 Å². The lowest BCUT2D eigenvalue weighted by Gasteiger charge is -1.99. The van der Waals surface area contributed by atoms with Gasteiger partial charge in [-0.2, -0.15) is 5.10 Å². The number of nitrogens with two attached hydrogens (primary N) is 1. The van der Waals surface area contributed by atoms with E-state index in [1.807, 2.05) is 17.5 Å². The minimum atomic E-state index is -0.258. The van der Waals surface area contributed by atoms with Crippen molar-refractivity contribution in [3.8, 4) is 0 Å². The third-order valence-corrected chi connectivity index (χ3v) is 4.22. The summed E-state index contributed by atoms with van der Waals surface area (Å²) in [5, 5.41) is 6.37. The molecule has 0 saturated heterocycles. The van der Waals surface area contributed by atoms with Crippen molar-refractivity contribution in [3.05, 3.63) is 46.2 Å². The van der Waals surface area contributed by atoms with Gasteiger partial charge in [0.2, 0.25) is 0 Å². The van der Waals surface area contributed by atoms with Crippen molar-refractivity contribution in [2.75, 3.05) is 5.73 Å². The lowest BCUT2D eigenvalue weighted by molar-refractivity contribution is 0.0955. The van der Waals surface area contributed by atoms with E-state index in [1.165, 1.54) is 11.3 Å². The fourth-order valence-electron chi connectivity index (χ4n) is 1.67. The Kier molecular flexibility index (Phi) is 3.44. The van der Waals surface area contributed by atoms with Crippen LogP contribution in [0.5, 0.6) is 0 Å². The number of anilines is 1.